The van der Waals surface area contributed by atoms with Gasteiger partial charge in [0.25, 0.3) is 0 Å². The molecule has 11 heavy (non-hydrogen) atoms. The monoisotopic (exact) mass is 156 g/mol. The molecule has 0 saturated heterocycles. The van der Waals surface area contributed by atoms with Crippen LogP contribution in [0.3, 0.4) is 0 Å². The van der Waals surface area contributed by atoms with Crippen LogP contribution in [0.15, 0.2) is 12.7 Å². The molecule has 0 heterocycles. The van der Waals surface area contributed by atoms with E-state index in [2.05, 4.69) is 6.58 Å². The van der Waals surface area contributed by atoms with Crippen LogP contribution in [0.25, 0.3) is 0 Å². The van der Waals surface area contributed by atoms with Crippen molar-refractivity contribution in [1.29, 1.82) is 0 Å². The van der Waals surface area contributed by atoms with Gasteiger partial charge in [0.2, 0.25) is 0 Å². The average molecular weight is 156 g/mol. The number of hydrogen-bond acceptors (Lipinski definition) is 2. The van der Waals surface area contributed by atoms with Crippen LogP contribution >= 0.6 is 0 Å². The van der Waals surface area contributed by atoms with Crippen molar-refractivity contribution in [2.24, 2.45) is 5.92 Å². The van der Waals surface area contributed by atoms with E-state index in [1.54, 1.807) is 0 Å². The Labute approximate surface area is 68.2 Å². The highest BCUT2D eigenvalue weighted by molar-refractivity contribution is 5.69. The summed E-state index contributed by atoms with van der Waals surface area (Å²) in [6.07, 6.45) is 3.20. The van der Waals surface area contributed by atoms with Crippen LogP contribution in [0, 0.1) is 5.92 Å². The topological polar surface area (TPSA) is 26.3 Å². The van der Waals surface area contributed by atoms with Gasteiger partial charge in [0.1, 0.15) is 0 Å². The molecule has 1 atom stereocenters. The summed E-state index contributed by atoms with van der Waals surface area (Å²) in [7, 11) is 0. The maximum Gasteiger partial charge on any atom is 0.306 e. The highest BCUT2D eigenvalue weighted by Crippen LogP contribution is 2.08. The second kappa shape index (κ2) is 5.96. The molecule has 0 bridgehead atoms. The number of rotatable bonds is 5. The lowest BCUT2D eigenvalue weighted by atomic mass is 10.0. The first-order valence-electron chi connectivity index (χ1n) is 3.97. The van der Waals surface area contributed by atoms with E-state index < -0.39 is 0 Å². The van der Waals surface area contributed by atoms with Crippen LogP contribution in [0.5, 0.6) is 0 Å². The van der Waals surface area contributed by atoms with Crippen molar-refractivity contribution in [3.63, 3.8) is 0 Å². The number of carbonyl (C=O) groups is 1. The van der Waals surface area contributed by atoms with Gasteiger partial charge in [-0.05, 0) is 19.3 Å². The second-order valence-electron chi connectivity index (χ2n) is 2.64. The average Bonchev–Trinajstić information content (AvgIpc) is 1.87. The summed E-state index contributed by atoms with van der Waals surface area (Å²) in [5, 5.41) is 0. The summed E-state index contributed by atoms with van der Waals surface area (Å²) in [5.41, 5.74) is 0. The van der Waals surface area contributed by atoms with Crippen LogP contribution in [0.4, 0.5) is 0 Å². The Morgan fingerprint density at radius 3 is 2.82 bits per heavy atom. The number of esters is 1. The number of carbonyl (C=O) groups excluding carboxylic acids is 1. The third kappa shape index (κ3) is 5.64. The fourth-order valence-electron chi connectivity index (χ4n) is 0.872. The van der Waals surface area contributed by atoms with Gasteiger partial charge in [-0.2, -0.15) is 0 Å². The molecule has 0 aromatic carbocycles. The maximum atomic E-state index is 10.9. The zero-order valence-corrected chi connectivity index (χ0v) is 7.30. The van der Waals surface area contributed by atoms with E-state index in [0.29, 0.717) is 18.9 Å². The predicted molar refractivity (Wildman–Crippen MR) is 45.2 cm³/mol. The van der Waals surface area contributed by atoms with Crippen molar-refractivity contribution in [2.45, 2.75) is 26.7 Å². The number of ether oxygens (including phenoxy) is 1. The Hall–Kier alpha value is -0.790. The quantitative estimate of drug-likeness (QED) is 0.450. The van der Waals surface area contributed by atoms with Crippen molar-refractivity contribution in [3.05, 3.63) is 12.7 Å². The SMILES string of the molecule is C=CCC(C)CC(=O)OCC. The highest BCUT2D eigenvalue weighted by Gasteiger charge is 2.07. The van der Waals surface area contributed by atoms with Gasteiger partial charge in [-0.15, -0.1) is 6.58 Å². The summed E-state index contributed by atoms with van der Waals surface area (Å²) in [6.45, 7) is 7.90. The molecule has 1 unspecified atom stereocenters. The van der Waals surface area contributed by atoms with Gasteiger partial charge in [0, 0.05) is 6.42 Å². The Kier molecular flexibility index (Phi) is 5.53. The fraction of sp³-hybridized carbons (Fsp3) is 0.667. The van der Waals surface area contributed by atoms with E-state index in [9.17, 15) is 4.79 Å². The molecule has 0 rings (SSSR count). The van der Waals surface area contributed by atoms with Gasteiger partial charge >= 0.3 is 5.97 Å². The number of hydrogen-bond donors (Lipinski definition) is 0. The minimum absolute atomic E-state index is 0.109. The maximum absolute atomic E-state index is 10.9. The highest BCUT2D eigenvalue weighted by atomic mass is 16.5. The lowest BCUT2D eigenvalue weighted by Crippen LogP contribution is -2.08. The normalized spacial score (nSPS) is 12.2. The molecule has 2 nitrogen and oxygen atoms in total. The lowest BCUT2D eigenvalue weighted by molar-refractivity contribution is -0.144. The zero-order valence-electron chi connectivity index (χ0n) is 7.30. The van der Waals surface area contributed by atoms with E-state index in [4.69, 9.17) is 4.74 Å². The molecule has 0 N–H and O–H groups in total. The van der Waals surface area contributed by atoms with Crippen LogP contribution < -0.4 is 0 Å². The molecule has 0 aliphatic carbocycles. The van der Waals surface area contributed by atoms with Crippen molar-refractivity contribution in [3.8, 4) is 0 Å². The van der Waals surface area contributed by atoms with E-state index in [-0.39, 0.29) is 5.97 Å². The first kappa shape index (κ1) is 10.2. The van der Waals surface area contributed by atoms with Gasteiger partial charge in [0.15, 0.2) is 0 Å². The van der Waals surface area contributed by atoms with E-state index in [0.717, 1.165) is 6.42 Å². The molecule has 0 fully saturated rings. The van der Waals surface area contributed by atoms with Gasteiger partial charge < -0.3 is 4.74 Å². The largest absolute Gasteiger partial charge is 0.466 e. The molecular weight excluding hydrogens is 140 g/mol. The Bertz CT molecular complexity index is 130. The molecule has 0 aromatic rings. The third-order valence-electron chi connectivity index (χ3n) is 1.39. The molecule has 0 spiro atoms. The van der Waals surface area contributed by atoms with Gasteiger partial charge in [-0.3, -0.25) is 4.79 Å². The van der Waals surface area contributed by atoms with E-state index in [1.807, 2.05) is 19.9 Å². The van der Waals surface area contributed by atoms with Crippen molar-refractivity contribution < 1.29 is 9.53 Å². The molecule has 0 aromatic heterocycles. The summed E-state index contributed by atoms with van der Waals surface area (Å²) < 4.78 is 4.79. The van der Waals surface area contributed by atoms with Crippen LogP contribution in [0.2, 0.25) is 0 Å². The minimum atomic E-state index is -0.109. The van der Waals surface area contributed by atoms with Crippen molar-refractivity contribution in [2.75, 3.05) is 6.61 Å². The third-order valence-corrected chi connectivity index (χ3v) is 1.39. The minimum Gasteiger partial charge on any atom is -0.466 e. The smallest absolute Gasteiger partial charge is 0.306 e. The summed E-state index contributed by atoms with van der Waals surface area (Å²) in [5.74, 6) is 0.244. The predicted octanol–water partition coefficient (Wildman–Crippen LogP) is 2.15. The number of allylic oxidation sites excluding steroid dienone is 1. The molecule has 0 amide bonds. The van der Waals surface area contributed by atoms with Crippen molar-refractivity contribution >= 4 is 5.97 Å². The molecule has 64 valence electrons. The first-order valence-corrected chi connectivity index (χ1v) is 3.97. The standard InChI is InChI=1S/C9H16O2/c1-4-6-8(3)7-9(10)11-5-2/h4,8H,1,5-7H2,2-3H3. The molecule has 0 aliphatic heterocycles. The molecule has 0 saturated carbocycles. The lowest BCUT2D eigenvalue weighted by Gasteiger charge is -2.06. The molecule has 0 aliphatic rings. The van der Waals surface area contributed by atoms with Crippen LogP contribution in [-0.4, -0.2) is 12.6 Å². The Morgan fingerprint density at radius 1 is 1.73 bits per heavy atom. The van der Waals surface area contributed by atoms with Crippen LogP contribution in [-0.2, 0) is 9.53 Å². The molecule has 0 radical (unpaired) electrons. The Morgan fingerprint density at radius 2 is 2.36 bits per heavy atom. The van der Waals surface area contributed by atoms with Crippen LogP contribution in [0.1, 0.15) is 26.7 Å². The second-order valence-corrected chi connectivity index (χ2v) is 2.64. The van der Waals surface area contributed by atoms with Gasteiger partial charge in [-0.25, -0.2) is 0 Å². The Balaban J connectivity index is 3.48. The first-order chi connectivity index (χ1) is 5.20. The zero-order chi connectivity index (χ0) is 8.69. The van der Waals surface area contributed by atoms with Gasteiger partial charge in [-0.1, -0.05) is 13.0 Å². The summed E-state index contributed by atoms with van der Waals surface area (Å²) in [6, 6.07) is 0. The summed E-state index contributed by atoms with van der Waals surface area (Å²) in [4.78, 5) is 10.9. The van der Waals surface area contributed by atoms with E-state index in [1.165, 1.54) is 0 Å². The molecular formula is C9H16O2. The van der Waals surface area contributed by atoms with Gasteiger partial charge in [0.05, 0.1) is 6.61 Å². The van der Waals surface area contributed by atoms with E-state index >= 15 is 0 Å². The van der Waals surface area contributed by atoms with Crippen molar-refractivity contribution in [1.82, 2.24) is 0 Å². The fourth-order valence-corrected chi connectivity index (χ4v) is 0.872. The summed E-state index contributed by atoms with van der Waals surface area (Å²) >= 11 is 0. The molecule has 2 heteroatoms.